The van der Waals surface area contributed by atoms with E-state index < -0.39 is 21.9 Å². The predicted molar refractivity (Wildman–Crippen MR) is 121 cm³/mol. The van der Waals surface area contributed by atoms with Crippen molar-refractivity contribution in [3.05, 3.63) is 89.2 Å². The molecule has 0 heterocycles. The number of benzene rings is 3. The zero-order valence-electron chi connectivity index (χ0n) is 16.7. The van der Waals surface area contributed by atoms with Crippen molar-refractivity contribution in [1.82, 2.24) is 4.72 Å². The summed E-state index contributed by atoms with van der Waals surface area (Å²) in [5.41, 5.74) is 1.88. The Bertz CT molecular complexity index is 1140. The van der Waals surface area contributed by atoms with Crippen LogP contribution in [0.3, 0.4) is 0 Å². The van der Waals surface area contributed by atoms with E-state index in [0.717, 1.165) is 5.56 Å². The van der Waals surface area contributed by atoms with Crippen molar-refractivity contribution in [1.29, 1.82) is 0 Å². The van der Waals surface area contributed by atoms with Gasteiger partial charge in [0.2, 0.25) is 10.0 Å². The highest BCUT2D eigenvalue weighted by molar-refractivity contribution is 7.89. The Hall–Kier alpha value is -2.94. The molecule has 0 aliphatic carbocycles. The van der Waals surface area contributed by atoms with Crippen LogP contribution >= 0.6 is 11.6 Å². The largest absolute Gasteiger partial charge is 0.326 e. The van der Waals surface area contributed by atoms with Gasteiger partial charge < -0.3 is 5.32 Å². The van der Waals surface area contributed by atoms with Gasteiger partial charge in [0.1, 0.15) is 5.82 Å². The Kier molecular flexibility index (Phi) is 7.27. The second-order valence-corrected chi connectivity index (χ2v) is 8.98. The minimum atomic E-state index is -3.73. The zero-order valence-corrected chi connectivity index (χ0v) is 18.3. The van der Waals surface area contributed by atoms with Crippen molar-refractivity contribution in [2.75, 3.05) is 23.3 Å². The highest BCUT2D eigenvalue weighted by Gasteiger charge is 2.19. The standard InChI is InChI=1S/C22H21ClFN3O3S/c1-16-2-12-21(13-3-16)31(29,30)25-14-15-27(20-10-6-18(24)7-11-20)22(28)26-19-8-4-17(23)5-9-19/h2-13,25H,14-15H2,1H3,(H,26,28). The second kappa shape index (κ2) is 9.91. The van der Waals surface area contributed by atoms with Crippen molar-refractivity contribution < 1.29 is 17.6 Å². The first-order valence-corrected chi connectivity index (χ1v) is 11.3. The lowest BCUT2D eigenvalue weighted by atomic mass is 10.2. The van der Waals surface area contributed by atoms with Crippen LogP contribution in [0.15, 0.2) is 77.7 Å². The molecule has 0 aliphatic rings. The molecule has 2 N–H and O–H groups in total. The fourth-order valence-corrected chi connectivity index (χ4v) is 3.93. The maximum atomic E-state index is 13.3. The van der Waals surface area contributed by atoms with Gasteiger partial charge in [0.05, 0.1) is 4.90 Å². The van der Waals surface area contributed by atoms with Gasteiger partial charge in [-0.25, -0.2) is 22.3 Å². The molecule has 0 atom stereocenters. The van der Waals surface area contributed by atoms with E-state index in [9.17, 15) is 17.6 Å². The molecule has 0 aromatic heterocycles. The number of sulfonamides is 1. The molecule has 0 spiro atoms. The topological polar surface area (TPSA) is 78.5 Å². The number of rotatable bonds is 7. The van der Waals surface area contributed by atoms with Gasteiger partial charge in [-0.3, -0.25) is 4.90 Å². The summed E-state index contributed by atoms with van der Waals surface area (Å²) >= 11 is 5.87. The number of nitrogens with zero attached hydrogens (tertiary/aromatic N) is 1. The van der Waals surface area contributed by atoms with Gasteiger partial charge in [-0.2, -0.15) is 0 Å². The molecule has 2 amide bonds. The normalized spacial score (nSPS) is 11.2. The Morgan fingerprint density at radius 3 is 2.19 bits per heavy atom. The molecule has 0 saturated heterocycles. The molecule has 3 aromatic rings. The number of halogens is 2. The summed E-state index contributed by atoms with van der Waals surface area (Å²) in [4.78, 5) is 14.3. The van der Waals surface area contributed by atoms with Crippen LogP contribution in [0.25, 0.3) is 0 Å². The molecule has 31 heavy (non-hydrogen) atoms. The fourth-order valence-electron chi connectivity index (χ4n) is 2.79. The first-order valence-electron chi connectivity index (χ1n) is 9.40. The van der Waals surface area contributed by atoms with E-state index in [-0.39, 0.29) is 18.0 Å². The lowest BCUT2D eigenvalue weighted by molar-refractivity contribution is 0.257. The minimum Gasteiger partial charge on any atom is -0.308 e. The smallest absolute Gasteiger partial charge is 0.308 e. The van der Waals surface area contributed by atoms with Gasteiger partial charge in [0.15, 0.2) is 0 Å². The summed E-state index contributed by atoms with van der Waals surface area (Å²) in [6.45, 7) is 1.85. The van der Waals surface area contributed by atoms with Crippen molar-refractivity contribution in [3.8, 4) is 0 Å². The molecule has 162 valence electrons. The van der Waals surface area contributed by atoms with E-state index in [1.54, 1.807) is 36.4 Å². The maximum absolute atomic E-state index is 13.3. The van der Waals surface area contributed by atoms with E-state index >= 15 is 0 Å². The molecule has 0 fully saturated rings. The Balaban J connectivity index is 1.73. The van der Waals surface area contributed by atoms with E-state index in [2.05, 4.69) is 10.0 Å². The van der Waals surface area contributed by atoms with Crippen LogP contribution in [-0.2, 0) is 10.0 Å². The number of hydrogen-bond donors (Lipinski definition) is 2. The number of nitrogens with one attached hydrogen (secondary N) is 2. The van der Waals surface area contributed by atoms with Crippen molar-refractivity contribution >= 4 is 39.0 Å². The van der Waals surface area contributed by atoms with Crippen LogP contribution in [-0.4, -0.2) is 27.5 Å². The highest BCUT2D eigenvalue weighted by Crippen LogP contribution is 2.18. The monoisotopic (exact) mass is 461 g/mol. The number of anilines is 2. The molecule has 0 unspecified atom stereocenters. The van der Waals surface area contributed by atoms with Gasteiger partial charge in [-0.05, 0) is 67.6 Å². The number of amides is 2. The highest BCUT2D eigenvalue weighted by atomic mass is 35.5. The summed E-state index contributed by atoms with van der Waals surface area (Å²) in [6, 6.07) is 17.9. The van der Waals surface area contributed by atoms with E-state index in [1.165, 1.54) is 41.3 Å². The van der Waals surface area contributed by atoms with Gasteiger partial charge in [-0.1, -0.05) is 29.3 Å². The Morgan fingerprint density at radius 2 is 1.58 bits per heavy atom. The molecule has 3 aromatic carbocycles. The van der Waals surface area contributed by atoms with Crippen LogP contribution < -0.4 is 14.9 Å². The molecule has 9 heteroatoms. The molecule has 6 nitrogen and oxygen atoms in total. The lowest BCUT2D eigenvalue weighted by Gasteiger charge is -2.23. The number of aryl methyl sites for hydroxylation is 1. The molecule has 0 saturated carbocycles. The molecule has 0 aliphatic heterocycles. The van der Waals surface area contributed by atoms with Crippen LogP contribution in [0.5, 0.6) is 0 Å². The zero-order chi connectivity index (χ0) is 22.4. The second-order valence-electron chi connectivity index (χ2n) is 6.78. The quantitative estimate of drug-likeness (QED) is 0.530. The third-order valence-corrected chi connectivity index (χ3v) is 6.17. The van der Waals surface area contributed by atoms with Gasteiger partial charge in [0.25, 0.3) is 0 Å². The number of carbonyl (C=O) groups is 1. The van der Waals surface area contributed by atoms with E-state index in [1.807, 2.05) is 6.92 Å². The maximum Gasteiger partial charge on any atom is 0.326 e. The summed E-state index contributed by atoms with van der Waals surface area (Å²) < 4.78 is 40.8. The van der Waals surface area contributed by atoms with Crippen LogP contribution in [0, 0.1) is 12.7 Å². The average Bonchev–Trinajstić information content (AvgIpc) is 2.74. The van der Waals surface area contributed by atoms with Crippen LogP contribution in [0.4, 0.5) is 20.6 Å². The SMILES string of the molecule is Cc1ccc(S(=O)(=O)NCCN(C(=O)Nc2ccc(Cl)cc2)c2ccc(F)cc2)cc1. The predicted octanol–water partition coefficient (Wildman–Crippen LogP) is 4.80. The number of urea groups is 1. The first-order chi connectivity index (χ1) is 14.7. The van der Waals surface area contributed by atoms with Crippen molar-refractivity contribution in [2.24, 2.45) is 0 Å². The first kappa shape index (κ1) is 22.7. The fraction of sp³-hybridized carbons (Fsp3) is 0.136. The number of carbonyl (C=O) groups excluding carboxylic acids is 1. The third-order valence-electron chi connectivity index (χ3n) is 4.44. The van der Waals surface area contributed by atoms with Gasteiger partial charge in [-0.15, -0.1) is 0 Å². The molecular weight excluding hydrogens is 441 g/mol. The van der Waals surface area contributed by atoms with Crippen molar-refractivity contribution in [2.45, 2.75) is 11.8 Å². The molecular formula is C22H21ClFN3O3S. The Labute approximate surface area is 185 Å². The van der Waals surface area contributed by atoms with Crippen LogP contribution in [0.2, 0.25) is 5.02 Å². The summed E-state index contributed by atoms with van der Waals surface area (Å²) in [5.74, 6) is -0.443. The average molecular weight is 462 g/mol. The molecule has 0 bridgehead atoms. The Morgan fingerprint density at radius 1 is 0.968 bits per heavy atom. The van der Waals surface area contributed by atoms with E-state index in [0.29, 0.717) is 16.4 Å². The summed E-state index contributed by atoms with van der Waals surface area (Å²) in [5, 5.41) is 3.25. The summed E-state index contributed by atoms with van der Waals surface area (Å²) in [7, 11) is -3.73. The minimum absolute atomic E-state index is 0.0240. The number of hydrogen-bond acceptors (Lipinski definition) is 3. The van der Waals surface area contributed by atoms with Gasteiger partial charge >= 0.3 is 6.03 Å². The van der Waals surface area contributed by atoms with Crippen LogP contribution in [0.1, 0.15) is 5.56 Å². The molecule has 3 rings (SSSR count). The van der Waals surface area contributed by atoms with Gasteiger partial charge in [0, 0.05) is 29.5 Å². The summed E-state index contributed by atoms with van der Waals surface area (Å²) in [6.07, 6.45) is 0. The van der Waals surface area contributed by atoms with Crippen molar-refractivity contribution in [3.63, 3.8) is 0 Å². The lowest BCUT2D eigenvalue weighted by Crippen LogP contribution is -2.41. The van der Waals surface area contributed by atoms with E-state index in [4.69, 9.17) is 11.6 Å². The third kappa shape index (κ3) is 6.27. The molecule has 0 radical (unpaired) electrons.